The normalized spacial score (nSPS) is 14.3. The molecule has 1 aliphatic heterocycles. The minimum Gasteiger partial charge on any atom is -0.399 e. The van der Waals surface area contributed by atoms with Gasteiger partial charge in [0.05, 0.1) is 5.69 Å². The Morgan fingerprint density at radius 2 is 1.90 bits per heavy atom. The van der Waals surface area contributed by atoms with Gasteiger partial charge in [0.15, 0.2) is 0 Å². The van der Waals surface area contributed by atoms with Crippen molar-refractivity contribution in [3.8, 4) is 0 Å². The van der Waals surface area contributed by atoms with Crippen molar-refractivity contribution in [2.45, 2.75) is 11.3 Å². The monoisotopic (exact) mass is 292 g/mol. The summed E-state index contributed by atoms with van der Waals surface area (Å²) in [7, 11) is -3.93. The van der Waals surface area contributed by atoms with Gasteiger partial charge in [-0.05, 0) is 36.2 Å². The molecule has 0 bridgehead atoms. The molecule has 3 rings (SSSR count). The van der Waals surface area contributed by atoms with Crippen molar-refractivity contribution < 1.29 is 12.8 Å². The first kappa shape index (κ1) is 12.9. The van der Waals surface area contributed by atoms with E-state index in [0.717, 1.165) is 17.7 Å². The number of benzene rings is 2. The average molecular weight is 292 g/mol. The summed E-state index contributed by atoms with van der Waals surface area (Å²) >= 11 is 0. The fourth-order valence-electron chi connectivity index (χ4n) is 2.39. The van der Waals surface area contributed by atoms with Crippen LogP contribution in [0.4, 0.5) is 15.8 Å². The second-order valence-electron chi connectivity index (χ2n) is 4.65. The summed E-state index contributed by atoms with van der Waals surface area (Å²) in [5, 5.41) is 0. The van der Waals surface area contributed by atoms with Crippen LogP contribution in [0.3, 0.4) is 0 Å². The van der Waals surface area contributed by atoms with Crippen LogP contribution in [0.25, 0.3) is 0 Å². The highest BCUT2D eigenvalue weighted by Crippen LogP contribution is 2.33. The first-order valence-corrected chi connectivity index (χ1v) is 7.60. The molecule has 0 atom stereocenters. The van der Waals surface area contributed by atoms with E-state index in [2.05, 4.69) is 0 Å². The second-order valence-corrected chi connectivity index (χ2v) is 6.48. The van der Waals surface area contributed by atoms with Crippen LogP contribution in [-0.4, -0.2) is 15.0 Å². The standard InChI is InChI=1S/C14H13FN2O2S/c15-12-6-5-11(16)9-14(12)20(18,19)17-8-7-10-3-1-2-4-13(10)17/h1-6,9H,7-8,16H2. The van der Waals surface area contributed by atoms with Crippen LogP contribution in [0.5, 0.6) is 0 Å². The predicted molar refractivity (Wildman–Crippen MR) is 75.5 cm³/mol. The van der Waals surface area contributed by atoms with E-state index in [4.69, 9.17) is 5.73 Å². The molecule has 0 saturated heterocycles. The lowest BCUT2D eigenvalue weighted by atomic mass is 10.2. The SMILES string of the molecule is Nc1ccc(F)c(S(=O)(=O)N2CCc3ccccc32)c1. The van der Waals surface area contributed by atoms with Crippen molar-refractivity contribution in [1.29, 1.82) is 0 Å². The van der Waals surface area contributed by atoms with Crippen LogP contribution in [0.15, 0.2) is 47.4 Å². The third kappa shape index (κ3) is 1.92. The van der Waals surface area contributed by atoms with E-state index < -0.39 is 15.8 Å². The molecule has 0 aromatic heterocycles. The Balaban J connectivity index is 2.13. The summed E-state index contributed by atoms with van der Waals surface area (Å²) in [6.07, 6.45) is 0.624. The summed E-state index contributed by atoms with van der Waals surface area (Å²) in [6.45, 7) is 0.315. The number of nitrogens with two attached hydrogens (primary N) is 1. The average Bonchev–Trinajstić information content (AvgIpc) is 2.86. The Bertz CT molecular complexity index is 774. The Labute approximate surface area is 116 Å². The number of hydrogen-bond acceptors (Lipinski definition) is 3. The minimum absolute atomic E-state index is 0.220. The van der Waals surface area contributed by atoms with Gasteiger partial charge in [0, 0.05) is 12.2 Å². The zero-order valence-corrected chi connectivity index (χ0v) is 11.4. The van der Waals surface area contributed by atoms with Crippen molar-refractivity contribution in [3.63, 3.8) is 0 Å². The Hall–Kier alpha value is -2.08. The number of halogens is 1. The molecule has 2 N–H and O–H groups in total. The van der Waals surface area contributed by atoms with Crippen LogP contribution >= 0.6 is 0 Å². The summed E-state index contributed by atoms with van der Waals surface area (Å²) in [6, 6.07) is 10.8. The van der Waals surface area contributed by atoms with Crippen molar-refractivity contribution in [1.82, 2.24) is 0 Å². The number of anilines is 2. The molecule has 0 fully saturated rings. The zero-order valence-electron chi connectivity index (χ0n) is 10.6. The predicted octanol–water partition coefficient (Wildman–Crippen LogP) is 2.16. The maximum absolute atomic E-state index is 13.8. The fraction of sp³-hybridized carbons (Fsp3) is 0.143. The molecule has 0 radical (unpaired) electrons. The lowest BCUT2D eigenvalue weighted by Crippen LogP contribution is -2.29. The Kier molecular flexibility index (Phi) is 2.90. The van der Waals surface area contributed by atoms with Crippen LogP contribution in [0, 0.1) is 5.82 Å². The van der Waals surface area contributed by atoms with Gasteiger partial charge in [-0.25, -0.2) is 12.8 Å². The lowest BCUT2D eigenvalue weighted by Gasteiger charge is -2.20. The Morgan fingerprint density at radius 3 is 2.70 bits per heavy atom. The van der Waals surface area contributed by atoms with E-state index in [-0.39, 0.29) is 10.6 Å². The van der Waals surface area contributed by atoms with Crippen LogP contribution in [0.2, 0.25) is 0 Å². The van der Waals surface area contributed by atoms with Crippen LogP contribution < -0.4 is 10.0 Å². The first-order chi connectivity index (χ1) is 9.50. The highest BCUT2D eigenvalue weighted by molar-refractivity contribution is 7.92. The number of sulfonamides is 1. The zero-order chi connectivity index (χ0) is 14.3. The van der Waals surface area contributed by atoms with E-state index in [1.807, 2.05) is 12.1 Å². The number of para-hydroxylation sites is 1. The minimum atomic E-state index is -3.93. The molecule has 2 aromatic rings. The lowest BCUT2D eigenvalue weighted by molar-refractivity contribution is 0.565. The molecule has 0 amide bonds. The fourth-order valence-corrected chi connectivity index (χ4v) is 4.00. The molecule has 1 heterocycles. The molecule has 1 aliphatic rings. The third-order valence-corrected chi connectivity index (χ3v) is 5.20. The molecule has 0 saturated carbocycles. The molecule has 2 aromatic carbocycles. The molecule has 4 nitrogen and oxygen atoms in total. The van der Waals surface area contributed by atoms with Gasteiger partial charge in [-0.1, -0.05) is 18.2 Å². The molecule has 20 heavy (non-hydrogen) atoms. The highest BCUT2D eigenvalue weighted by Gasteiger charge is 2.32. The summed E-state index contributed by atoms with van der Waals surface area (Å²) in [5.41, 5.74) is 7.34. The second kappa shape index (κ2) is 4.49. The Morgan fingerprint density at radius 1 is 1.15 bits per heavy atom. The number of nitrogen functional groups attached to an aromatic ring is 1. The van der Waals surface area contributed by atoms with Crippen molar-refractivity contribution in [3.05, 3.63) is 53.8 Å². The quantitative estimate of drug-likeness (QED) is 0.863. The van der Waals surface area contributed by atoms with Crippen LogP contribution in [-0.2, 0) is 16.4 Å². The molecule has 6 heteroatoms. The molecule has 104 valence electrons. The van der Waals surface area contributed by atoms with Gasteiger partial charge in [-0.15, -0.1) is 0 Å². The van der Waals surface area contributed by atoms with Gasteiger partial charge in [0.25, 0.3) is 10.0 Å². The van der Waals surface area contributed by atoms with Gasteiger partial charge < -0.3 is 5.73 Å². The van der Waals surface area contributed by atoms with Crippen molar-refractivity contribution in [2.24, 2.45) is 0 Å². The number of hydrogen-bond donors (Lipinski definition) is 1. The van der Waals surface area contributed by atoms with E-state index in [9.17, 15) is 12.8 Å². The molecule has 0 aliphatic carbocycles. The largest absolute Gasteiger partial charge is 0.399 e. The molecular formula is C14H13FN2O2S. The molecular weight excluding hydrogens is 279 g/mol. The first-order valence-electron chi connectivity index (χ1n) is 6.16. The van der Waals surface area contributed by atoms with Crippen molar-refractivity contribution >= 4 is 21.4 Å². The van der Waals surface area contributed by atoms with Gasteiger partial charge in [-0.3, -0.25) is 4.31 Å². The summed E-state index contributed by atoms with van der Waals surface area (Å²) in [4.78, 5) is -0.380. The van der Waals surface area contributed by atoms with Gasteiger partial charge in [0.1, 0.15) is 10.7 Å². The summed E-state index contributed by atoms with van der Waals surface area (Å²) < 4.78 is 40.3. The topological polar surface area (TPSA) is 63.4 Å². The maximum Gasteiger partial charge on any atom is 0.267 e. The van der Waals surface area contributed by atoms with E-state index in [0.29, 0.717) is 18.7 Å². The van der Waals surface area contributed by atoms with Gasteiger partial charge in [-0.2, -0.15) is 0 Å². The van der Waals surface area contributed by atoms with Crippen molar-refractivity contribution in [2.75, 3.05) is 16.6 Å². The van der Waals surface area contributed by atoms with Gasteiger partial charge in [0.2, 0.25) is 0 Å². The number of rotatable bonds is 2. The third-order valence-electron chi connectivity index (χ3n) is 3.37. The van der Waals surface area contributed by atoms with Gasteiger partial charge >= 0.3 is 0 Å². The van der Waals surface area contributed by atoms with E-state index >= 15 is 0 Å². The van der Waals surface area contributed by atoms with E-state index in [1.165, 1.54) is 10.4 Å². The van der Waals surface area contributed by atoms with E-state index in [1.54, 1.807) is 12.1 Å². The molecule has 0 unspecified atom stereocenters. The summed E-state index contributed by atoms with van der Waals surface area (Å²) in [5.74, 6) is -0.788. The number of nitrogens with zero attached hydrogens (tertiary/aromatic N) is 1. The highest BCUT2D eigenvalue weighted by atomic mass is 32.2. The van der Waals surface area contributed by atoms with Crippen LogP contribution in [0.1, 0.15) is 5.56 Å². The maximum atomic E-state index is 13.8. The molecule has 0 spiro atoms. The smallest absolute Gasteiger partial charge is 0.267 e. The number of fused-ring (bicyclic) bond motifs is 1.